The van der Waals surface area contributed by atoms with Crippen molar-refractivity contribution in [1.82, 2.24) is 0 Å². The van der Waals surface area contributed by atoms with Gasteiger partial charge in [-0.15, -0.1) is 0 Å². The highest BCUT2D eigenvalue weighted by atomic mass is 16.5. The lowest BCUT2D eigenvalue weighted by Gasteiger charge is -2.38. The van der Waals surface area contributed by atoms with Gasteiger partial charge in [0.15, 0.2) is 0 Å². The molecule has 0 bridgehead atoms. The van der Waals surface area contributed by atoms with Crippen LogP contribution in [-0.4, -0.2) is 19.0 Å². The number of carbonyl (C=O) groups is 1. The molecule has 0 N–H and O–H groups in total. The van der Waals surface area contributed by atoms with Crippen LogP contribution < -0.4 is 0 Å². The van der Waals surface area contributed by atoms with Gasteiger partial charge >= 0.3 is 0 Å². The molecule has 0 aromatic heterocycles. The maximum Gasteiger partial charge on any atom is 0.146 e. The highest BCUT2D eigenvalue weighted by molar-refractivity contribution is 5.92. The van der Waals surface area contributed by atoms with Crippen molar-refractivity contribution >= 4 is 5.78 Å². The van der Waals surface area contributed by atoms with Gasteiger partial charge in [-0.1, -0.05) is 56.0 Å². The van der Waals surface area contributed by atoms with Gasteiger partial charge in [0.2, 0.25) is 0 Å². The molecule has 2 aliphatic rings. The summed E-state index contributed by atoms with van der Waals surface area (Å²) in [5.74, 6) is 0.768. The Bertz CT molecular complexity index is 452. The molecule has 1 heterocycles. The molecule has 114 valence electrons. The molecule has 21 heavy (non-hydrogen) atoms. The van der Waals surface area contributed by atoms with Crippen LogP contribution in [0.5, 0.6) is 0 Å². The van der Waals surface area contributed by atoms with Gasteiger partial charge in [0.1, 0.15) is 5.78 Å². The Morgan fingerprint density at radius 1 is 0.952 bits per heavy atom. The lowest BCUT2D eigenvalue weighted by Crippen LogP contribution is -2.44. The molecule has 1 aliphatic heterocycles. The number of hydrogen-bond acceptors (Lipinski definition) is 2. The van der Waals surface area contributed by atoms with Crippen molar-refractivity contribution in [3.05, 3.63) is 35.9 Å². The summed E-state index contributed by atoms with van der Waals surface area (Å²) in [7, 11) is 0. The molecule has 1 aromatic carbocycles. The van der Waals surface area contributed by atoms with E-state index in [1.807, 2.05) is 6.07 Å². The smallest absolute Gasteiger partial charge is 0.146 e. The van der Waals surface area contributed by atoms with Crippen molar-refractivity contribution in [2.75, 3.05) is 13.2 Å². The first-order chi connectivity index (χ1) is 10.3. The number of ether oxygens (including phenoxy) is 1. The Kier molecular flexibility index (Phi) is 4.74. The average molecular weight is 286 g/mol. The van der Waals surface area contributed by atoms with Crippen LogP contribution in [0.1, 0.15) is 56.9 Å². The second-order valence-corrected chi connectivity index (χ2v) is 6.61. The summed E-state index contributed by atoms with van der Waals surface area (Å²) in [6.07, 6.45) is 8.92. The van der Waals surface area contributed by atoms with E-state index >= 15 is 0 Å². The van der Waals surface area contributed by atoms with Crippen molar-refractivity contribution in [1.29, 1.82) is 0 Å². The first-order valence-corrected chi connectivity index (χ1v) is 8.50. The first kappa shape index (κ1) is 14.8. The van der Waals surface area contributed by atoms with Gasteiger partial charge in [-0.25, -0.2) is 0 Å². The monoisotopic (exact) mass is 286 g/mol. The Morgan fingerprint density at radius 2 is 1.57 bits per heavy atom. The van der Waals surface area contributed by atoms with Crippen LogP contribution in [0.15, 0.2) is 30.3 Å². The highest BCUT2D eigenvalue weighted by Crippen LogP contribution is 2.40. The van der Waals surface area contributed by atoms with Gasteiger partial charge in [-0.3, -0.25) is 4.79 Å². The SMILES string of the molecule is O=C(C1CCCCCC1)C1(c2ccccc2)CCOCC1. The van der Waals surface area contributed by atoms with Crippen LogP contribution in [0.2, 0.25) is 0 Å². The third-order valence-corrected chi connectivity index (χ3v) is 5.37. The maximum absolute atomic E-state index is 13.4. The maximum atomic E-state index is 13.4. The van der Waals surface area contributed by atoms with Crippen LogP contribution in [0.3, 0.4) is 0 Å². The van der Waals surface area contributed by atoms with E-state index in [-0.39, 0.29) is 11.3 Å². The molecule has 0 spiro atoms. The van der Waals surface area contributed by atoms with E-state index in [0.29, 0.717) is 19.0 Å². The van der Waals surface area contributed by atoms with Crippen LogP contribution in [0.25, 0.3) is 0 Å². The third-order valence-electron chi connectivity index (χ3n) is 5.37. The number of hydrogen-bond donors (Lipinski definition) is 0. The second-order valence-electron chi connectivity index (χ2n) is 6.61. The molecule has 2 fully saturated rings. The van der Waals surface area contributed by atoms with Crippen molar-refractivity contribution < 1.29 is 9.53 Å². The standard InChI is InChI=1S/C19H26O2/c20-18(16-8-4-1-2-5-9-16)19(12-14-21-15-13-19)17-10-6-3-7-11-17/h3,6-7,10-11,16H,1-2,4-5,8-9,12-15H2. The first-order valence-electron chi connectivity index (χ1n) is 8.50. The zero-order valence-electron chi connectivity index (χ0n) is 12.9. The Morgan fingerprint density at radius 3 is 2.19 bits per heavy atom. The lowest BCUT2D eigenvalue weighted by molar-refractivity contribution is -0.132. The summed E-state index contributed by atoms with van der Waals surface area (Å²) in [5.41, 5.74) is 0.927. The van der Waals surface area contributed by atoms with Gasteiger partial charge in [0.05, 0.1) is 5.41 Å². The van der Waals surface area contributed by atoms with Gasteiger partial charge in [0, 0.05) is 19.1 Å². The molecule has 1 saturated heterocycles. The van der Waals surface area contributed by atoms with Crippen molar-refractivity contribution in [3.8, 4) is 0 Å². The highest BCUT2D eigenvalue weighted by Gasteiger charge is 2.44. The molecule has 0 atom stereocenters. The van der Waals surface area contributed by atoms with E-state index < -0.39 is 0 Å². The minimum Gasteiger partial charge on any atom is -0.381 e. The zero-order chi connectivity index (χ0) is 14.5. The Balaban J connectivity index is 1.89. The zero-order valence-corrected chi connectivity index (χ0v) is 12.9. The van der Waals surface area contributed by atoms with Crippen LogP contribution >= 0.6 is 0 Å². The number of carbonyl (C=O) groups excluding carboxylic acids is 1. The summed E-state index contributed by atoms with van der Waals surface area (Å²) in [6, 6.07) is 10.4. The van der Waals surface area contributed by atoms with Crippen molar-refractivity contribution in [2.45, 2.75) is 56.8 Å². The molecular formula is C19H26O2. The molecule has 2 nitrogen and oxygen atoms in total. The van der Waals surface area contributed by atoms with E-state index in [9.17, 15) is 4.79 Å². The third kappa shape index (κ3) is 3.06. The normalized spacial score (nSPS) is 23.4. The summed E-state index contributed by atoms with van der Waals surface area (Å²) >= 11 is 0. The fourth-order valence-corrected chi connectivity index (χ4v) is 4.09. The van der Waals surface area contributed by atoms with E-state index in [1.54, 1.807) is 0 Å². The molecule has 0 radical (unpaired) electrons. The predicted molar refractivity (Wildman–Crippen MR) is 84.4 cm³/mol. The van der Waals surface area contributed by atoms with E-state index in [0.717, 1.165) is 25.7 Å². The van der Waals surface area contributed by atoms with Gasteiger partial charge < -0.3 is 4.74 Å². The molecule has 0 amide bonds. The fraction of sp³-hybridized carbons (Fsp3) is 0.632. The molecule has 0 unspecified atom stereocenters. The van der Waals surface area contributed by atoms with E-state index in [2.05, 4.69) is 24.3 Å². The molecule has 1 aromatic rings. The minimum atomic E-state index is -0.283. The van der Waals surface area contributed by atoms with Crippen LogP contribution in [0.4, 0.5) is 0 Å². The predicted octanol–water partition coefficient (Wildman–Crippen LogP) is 4.27. The van der Waals surface area contributed by atoms with Crippen molar-refractivity contribution in [2.24, 2.45) is 5.92 Å². The van der Waals surface area contributed by atoms with E-state index in [4.69, 9.17) is 4.74 Å². The largest absolute Gasteiger partial charge is 0.381 e. The van der Waals surface area contributed by atoms with Gasteiger partial charge in [-0.2, -0.15) is 0 Å². The second kappa shape index (κ2) is 6.74. The molecule has 1 aliphatic carbocycles. The molecule has 1 saturated carbocycles. The quantitative estimate of drug-likeness (QED) is 0.775. The van der Waals surface area contributed by atoms with E-state index in [1.165, 1.54) is 31.2 Å². The summed E-state index contributed by atoms with van der Waals surface area (Å²) in [4.78, 5) is 13.4. The molecular weight excluding hydrogens is 260 g/mol. The molecule has 3 rings (SSSR count). The Labute approximate surface area is 127 Å². The van der Waals surface area contributed by atoms with Crippen molar-refractivity contribution in [3.63, 3.8) is 0 Å². The number of benzene rings is 1. The number of ketones is 1. The lowest BCUT2D eigenvalue weighted by atomic mass is 9.66. The number of Topliss-reactive ketones (excluding diaryl/α,β-unsaturated/α-hetero) is 1. The average Bonchev–Trinajstić information content (AvgIpc) is 2.85. The number of rotatable bonds is 3. The summed E-state index contributed by atoms with van der Waals surface area (Å²) in [5, 5.41) is 0. The Hall–Kier alpha value is -1.15. The van der Waals surface area contributed by atoms with Crippen LogP contribution in [-0.2, 0) is 14.9 Å². The summed E-state index contributed by atoms with van der Waals surface area (Å²) in [6.45, 7) is 1.43. The van der Waals surface area contributed by atoms with Gasteiger partial charge in [0.25, 0.3) is 0 Å². The van der Waals surface area contributed by atoms with Crippen LogP contribution in [0, 0.1) is 5.92 Å². The van der Waals surface area contributed by atoms with Gasteiger partial charge in [-0.05, 0) is 31.2 Å². The topological polar surface area (TPSA) is 26.3 Å². The summed E-state index contributed by atoms with van der Waals surface area (Å²) < 4.78 is 5.56. The minimum absolute atomic E-state index is 0.269. The fourth-order valence-electron chi connectivity index (χ4n) is 4.09. The molecule has 2 heteroatoms.